The lowest BCUT2D eigenvalue weighted by Gasteiger charge is -2.18. The van der Waals surface area contributed by atoms with Crippen LogP contribution >= 0.6 is 0 Å². The van der Waals surface area contributed by atoms with Gasteiger partial charge >= 0.3 is 17.9 Å². The third kappa shape index (κ3) is 66.2. The first-order valence-corrected chi connectivity index (χ1v) is 35.6. The van der Waals surface area contributed by atoms with Crippen molar-refractivity contribution in [2.75, 3.05) is 13.2 Å². The molecule has 0 spiro atoms. The summed E-state index contributed by atoms with van der Waals surface area (Å²) in [4.78, 5) is 38.5. The number of carbonyl (C=O) groups excluding carboxylic acids is 3. The highest BCUT2D eigenvalue weighted by atomic mass is 16.6. The summed E-state index contributed by atoms with van der Waals surface area (Å²) >= 11 is 0. The van der Waals surface area contributed by atoms with Gasteiger partial charge in [-0.25, -0.2) is 0 Å². The van der Waals surface area contributed by atoms with Crippen LogP contribution in [-0.4, -0.2) is 37.2 Å². The molecule has 0 radical (unpaired) electrons. The summed E-state index contributed by atoms with van der Waals surface area (Å²) in [5, 5.41) is 0. The van der Waals surface area contributed by atoms with E-state index in [4.69, 9.17) is 14.2 Å². The van der Waals surface area contributed by atoms with Gasteiger partial charge in [0.15, 0.2) is 6.10 Å². The summed E-state index contributed by atoms with van der Waals surface area (Å²) in [5.74, 6) is -0.859. The van der Waals surface area contributed by atoms with Gasteiger partial charge in [-0.3, -0.25) is 14.4 Å². The molecule has 0 heterocycles. The minimum absolute atomic E-state index is 0.0739. The zero-order valence-corrected chi connectivity index (χ0v) is 53.9. The standard InChI is InChI=1S/C74H136O6/c1-4-7-10-13-16-19-22-25-28-31-34-35-36-37-38-39-41-43-46-49-52-55-58-61-64-67-73(76)79-70-71(69-78-72(75)66-63-60-57-54-51-48-45-42-33-30-27-24-21-18-15-12-9-6-3)80-74(77)68-65-62-59-56-53-50-47-44-40-32-29-26-23-20-17-14-11-8-5-2/h17,20,26,29,31,34,40,44,71H,4-16,18-19,21-25,27-28,30,32-33,35-39,41-43,45-70H2,1-3H3/b20-17-,29-26-,34-31-,44-40-. The molecule has 0 aliphatic carbocycles. The number of ether oxygens (including phenoxy) is 3. The maximum absolute atomic E-state index is 13.0. The lowest BCUT2D eigenvalue weighted by molar-refractivity contribution is -0.167. The molecular formula is C74H136O6. The fraction of sp³-hybridized carbons (Fsp3) is 0.851. The van der Waals surface area contributed by atoms with E-state index >= 15 is 0 Å². The highest BCUT2D eigenvalue weighted by Gasteiger charge is 2.19. The quantitative estimate of drug-likeness (QED) is 0.0261. The molecule has 1 unspecified atom stereocenters. The molecule has 0 aromatic carbocycles. The summed E-state index contributed by atoms with van der Waals surface area (Å²) in [6, 6.07) is 0. The van der Waals surface area contributed by atoms with Gasteiger partial charge in [0.2, 0.25) is 0 Å². The Labute approximate surface area is 498 Å². The lowest BCUT2D eigenvalue weighted by Crippen LogP contribution is -2.30. The van der Waals surface area contributed by atoms with Gasteiger partial charge in [0.25, 0.3) is 0 Å². The molecule has 0 aromatic rings. The second kappa shape index (κ2) is 68.9. The number of esters is 3. The fourth-order valence-electron chi connectivity index (χ4n) is 10.7. The minimum Gasteiger partial charge on any atom is -0.462 e. The zero-order chi connectivity index (χ0) is 57.8. The van der Waals surface area contributed by atoms with E-state index in [1.807, 2.05) is 0 Å². The van der Waals surface area contributed by atoms with E-state index in [0.29, 0.717) is 19.3 Å². The summed E-state index contributed by atoms with van der Waals surface area (Å²) in [5.41, 5.74) is 0. The van der Waals surface area contributed by atoms with Crippen molar-refractivity contribution in [2.24, 2.45) is 0 Å². The first-order valence-electron chi connectivity index (χ1n) is 35.6. The Morgan fingerprint density at radius 2 is 0.450 bits per heavy atom. The molecule has 0 saturated heterocycles. The van der Waals surface area contributed by atoms with Crippen molar-refractivity contribution in [3.05, 3.63) is 48.6 Å². The van der Waals surface area contributed by atoms with Gasteiger partial charge in [0, 0.05) is 19.3 Å². The van der Waals surface area contributed by atoms with Crippen LogP contribution in [0.15, 0.2) is 48.6 Å². The predicted molar refractivity (Wildman–Crippen MR) is 349 cm³/mol. The molecule has 0 fully saturated rings. The highest BCUT2D eigenvalue weighted by molar-refractivity contribution is 5.71. The summed E-state index contributed by atoms with van der Waals surface area (Å²) < 4.78 is 17.0. The van der Waals surface area contributed by atoms with Crippen LogP contribution in [0.5, 0.6) is 0 Å². The lowest BCUT2D eigenvalue weighted by atomic mass is 10.0. The zero-order valence-electron chi connectivity index (χ0n) is 53.9. The Balaban J connectivity index is 4.31. The topological polar surface area (TPSA) is 78.9 Å². The van der Waals surface area contributed by atoms with E-state index in [-0.39, 0.29) is 31.1 Å². The van der Waals surface area contributed by atoms with Crippen molar-refractivity contribution in [3.63, 3.8) is 0 Å². The second-order valence-electron chi connectivity index (χ2n) is 24.1. The van der Waals surface area contributed by atoms with Crippen molar-refractivity contribution in [3.8, 4) is 0 Å². The van der Waals surface area contributed by atoms with Gasteiger partial charge in [-0.1, -0.05) is 333 Å². The molecule has 80 heavy (non-hydrogen) atoms. The Morgan fingerprint density at radius 3 is 0.738 bits per heavy atom. The van der Waals surface area contributed by atoms with E-state index < -0.39 is 6.10 Å². The average molecular weight is 1120 g/mol. The van der Waals surface area contributed by atoms with Gasteiger partial charge in [0.05, 0.1) is 0 Å². The second-order valence-corrected chi connectivity index (χ2v) is 24.1. The van der Waals surface area contributed by atoms with Crippen LogP contribution in [0.4, 0.5) is 0 Å². The van der Waals surface area contributed by atoms with Crippen molar-refractivity contribution in [1.29, 1.82) is 0 Å². The Morgan fingerprint density at radius 1 is 0.250 bits per heavy atom. The number of hydrogen-bond donors (Lipinski definition) is 0. The van der Waals surface area contributed by atoms with E-state index in [1.54, 1.807) is 0 Å². The van der Waals surface area contributed by atoms with Gasteiger partial charge in [-0.2, -0.15) is 0 Å². The van der Waals surface area contributed by atoms with Crippen LogP contribution in [0.25, 0.3) is 0 Å². The number of hydrogen-bond acceptors (Lipinski definition) is 6. The van der Waals surface area contributed by atoms with Crippen molar-refractivity contribution in [1.82, 2.24) is 0 Å². The van der Waals surface area contributed by atoms with Crippen LogP contribution in [-0.2, 0) is 28.6 Å². The van der Waals surface area contributed by atoms with E-state index in [1.165, 1.54) is 270 Å². The number of rotatable bonds is 66. The summed E-state index contributed by atoms with van der Waals surface area (Å²) in [7, 11) is 0. The smallest absolute Gasteiger partial charge is 0.306 e. The molecule has 0 aliphatic rings. The molecule has 0 aliphatic heterocycles. The van der Waals surface area contributed by atoms with Crippen LogP contribution < -0.4 is 0 Å². The van der Waals surface area contributed by atoms with Gasteiger partial charge in [-0.15, -0.1) is 0 Å². The van der Waals surface area contributed by atoms with Gasteiger partial charge in [-0.05, 0) is 83.5 Å². The summed E-state index contributed by atoms with van der Waals surface area (Å²) in [6.07, 6.45) is 87.0. The SMILES string of the molecule is CCCCC/C=C\C/C=C\C/C=C\CCCCCCCCC(=O)OC(COC(=O)CCCCCCCCCCCCCCC/C=C\CCCCCCCCCC)COC(=O)CCCCCCCCCCCCCCCCCCCC. The number of carbonyl (C=O) groups is 3. The van der Waals surface area contributed by atoms with E-state index in [0.717, 1.165) is 77.0 Å². The Bertz CT molecular complexity index is 1380. The largest absolute Gasteiger partial charge is 0.462 e. The molecule has 0 saturated carbocycles. The molecule has 0 rings (SSSR count). The molecule has 0 aromatic heterocycles. The Kier molecular flexibility index (Phi) is 66.6. The van der Waals surface area contributed by atoms with Crippen LogP contribution in [0.1, 0.15) is 387 Å². The first-order chi connectivity index (χ1) is 39.5. The van der Waals surface area contributed by atoms with Crippen molar-refractivity contribution < 1.29 is 28.6 Å². The predicted octanol–water partition coefficient (Wildman–Crippen LogP) is 24.5. The van der Waals surface area contributed by atoms with Crippen LogP contribution in [0, 0.1) is 0 Å². The summed E-state index contributed by atoms with van der Waals surface area (Å²) in [6.45, 7) is 6.68. The molecule has 0 N–H and O–H groups in total. The normalized spacial score (nSPS) is 12.3. The average Bonchev–Trinajstić information content (AvgIpc) is 3.46. The van der Waals surface area contributed by atoms with Gasteiger partial charge < -0.3 is 14.2 Å². The van der Waals surface area contributed by atoms with Crippen LogP contribution in [0.3, 0.4) is 0 Å². The fourth-order valence-corrected chi connectivity index (χ4v) is 10.7. The minimum atomic E-state index is -0.780. The number of unbranched alkanes of at least 4 members (excludes halogenated alkanes) is 47. The Hall–Kier alpha value is -2.63. The van der Waals surface area contributed by atoms with E-state index in [2.05, 4.69) is 69.4 Å². The van der Waals surface area contributed by atoms with Crippen LogP contribution in [0.2, 0.25) is 0 Å². The molecular weight excluding hydrogens is 985 g/mol. The maximum atomic E-state index is 13.0. The molecule has 468 valence electrons. The van der Waals surface area contributed by atoms with Gasteiger partial charge in [0.1, 0.15) is 13.2 Å². The molecule has 0 amide bonds. The molecule has 0 bridgehead atoms. The highest BCUT2D eigenvalue weighted by Crippen LogP contribution is 2.18. The molecule has 6 heteroatoms. The third-order valence-corrected chi connectivity index (χ3v) is 16.1. The van der Waals surface area contributed by atoms with Crippen molar-refractivity contribution >= 4 is 17.9 Å². The first kappa shape index (κ1) is 77.4. The number of allylic oxidation sites excluding steroid dienone is 8. The molecule has 1 atom stereocenters. The monoisotopic (exact) mass is 1120 g/mol. The third-order valence-electron chi connectivity index (χ3n) is 16.1. The molecule has 6 nitrogen and oxygen atoms in total. The van der Waals surface area contributed by atoms with E-state index in [9.17, 15) is 14.4 Å². The maximum Gasteiger partial charge on any atom is 0.306 e. The van der Waals surface area contributed by atoms with Crippen molar-refractivity contribution in [2.45, 2.75) is 393 Å².